The van der Waals surface area contributed by atoms with E-state index in [4.69, 9.17) is 16.5 Å². The van der Waals surface area contributed by atoms with Gasteiger partial charge in [0.1, 0.15) is 5.84 Å². The van der Waals surface area contributed by atoms with Gasteiger partial charge >= 0.3 is 0 Å². The Morgan fingerprint density at radius 2 is 1.67 bits per heavy atom. The van der Waals surface area contributed by atoms with Crippen molar-refractivity contribution in [2.24, 2.45) is 22.4 Å². The van der Waals surface area contributed by atoms with Gasteiger partial charge in [0, 0.05) is 23.7 Å². The molecule has 0 radical (unpaired) electrons. The second-order valence-electron chi connectivity index (χ2n) is 9.18. The summed E-state index contributed by atoms with van der Waals surface area (Å²) >= 11 is 0. The minimum Gasteiger partial charge on any atom is -0.354 e. The van der Waals surface area contributed by atoms with Crippen molar-refractivity contribution >= 4 is 26.9 Å². The van der Waals surface area contributed by atoms with Crippen LogP contribution in [-0.2, 0) is 9.84 Å². The Morgan fingerprint density at radius 1 is 1.03 bits per heavy atom. The molecule has 1 heterocycles. The third-order valence-corrected chi connectivity index (χ3v) is 8.76. The monoisotopic (exact) mass is 467 g/mol. The molecule has 1 unspecified atom stereocenters. The molecule has 176 valence electrons. The van der Waals surface area contributed by atoms with Crippen molar-refractivity contribution in [1.29, 1.82) is 0 Å². The summed E-state index contributed by atoms with van der Waals surface area (Å²) in [4.78, 5) is 5.20. The Labute approximate surface area is 196 Å². The third-order valence-electron chi connectivity index (χ3n) is 6.55. The van der Waals surface area contributed by atoms with Gasteiger partial charge in [0.2, 0.25) is 0 Å². The van der Waals surface area contributed by atoms with Crippen molar-refractivity contribution in [2.45, 2.75) is 61.5 Å². The summed E-state index contributed by atoms with van der Waals surface area (Å²) in [5.74, 6) is -0.326. The van der Waals surface area contributed by atoms with Crippen molar-refractivity contribution in [3.63, 3.8) is 0 Å². The molecule has 1 saturated carbocycles. The number of anilines is 1. The lowest BCUT2D eigenvalue weighted by molar-refractivity contribution is 0.180. The zero-order valence-corrected chi connectivity index (χ0v) is 20.0. The molecule has 0 bridgehead atoms. The molecule has 7 nitrogen and oxygen atoms in total. The molecule has 4 rings (SSSR count). The summed E-state index contributed by atoms with van der Waals surface area (Å²) in [5.41, 5.74) is 15.2. The molecule has 2 aromatic carbocycles. The molecule has 33 heavy (non-hydrogen) atoms. The Balaban J connectivity index is 1.75. The van der Waals surface area contributed by atoms with Gasteiger partial charge in [0.15, 0.2) is 15.6 Å². The molecule has 6 N–H and O–H groups in total. The van der Waals surface area contributed by atoms with E-state index < -0.39 is 20.9 Å². The van der Waals surface area contributed by atoms with Crippen LogP contribution in [0.25, 0.3) is 5.57 Å². The summed E-state index contributed by atoms with van der Waals surface area (Å²) in [6.07, 6.45) is 5.48. The number of sulfone groups is 1. The highest BCUT2D eigenvalue weighted by molar-refractivity contribution is 7.92. The predicted molar refractivity (Wildman–Crippen MR) is 134 cm³/mol. The molecule has 2 aromatic rings. The summed E-state index contributed by atoms with van der Waals surface area (Å²) in [6, 6.07) is 17.0. The molecule has 1 fully saturated rings. The highest BCUT2D eigenvalue weighted by Crippen LogP contribution is 2.34. The van der Waals surface area contributed by atoms with Crippen LogP contribution in [-0.4, -0.2) is 31.3 Å². The first-order valence-electron chi connectivity index (χ1n) is 11.5. The Bertz CT molecular complexity index is 1150. The highest BCUT2D eigenvalue weighted by Gasteiger charge is 2.39. The molecular weight excluding hydrogens is 434 g/mol. The van der Waals surface area contributed by atoms with Crippen LogP contribution in [0.15, 0.2) is 70.7 Å². The van der Waals surface area contributed by atoms with E-state index in [1.54, 1.807) is 32.0 Å². The highest BCUT2D eigenvalue weighted by atomic mass is 32.2. The smallest absolute Gasteiger partial charge is 0.187 e. The molecular formula is C25H33N5O2S. The summed E-state index contributed by atoms with van der Waals surface area (Å²) in [5, 5.41) is 6.11. The van der Waals surface area contributed by atoms with E-state index >= 15 is 0 Å². The number of nitrogens with zero attached hydrogens (tertiary/aromatic N) is 1. The van der Waals surface area contributed by atoms with E-state index in [1.165, 1.54) is 0 Å². The number of rotatable bonds is 5. The molecule has 0 aromatic heterocycles. The largest absolute Gasteiger partial charge is 0.354 e. The number of nitrogens with two attached hydrogens (primary N) is 2. The predicted octanol–water partition coefficient (Wildman–Crippen LogP) is 3.45. The van der Waals surface area contributed by atoms with Crippen molar-refractivity contribution in [1.82, 2.24) is 5.32 Å². The number of para-hydroxylation sites is 1. The lowest BCUT2D eigenvalue weighted by Gasteiger charge is -2.40. The van der Waals surface area contributed by atoms with Crippen LogP contribution < -0.4 is 22.1 Å². The van der Waals surface area contributed by atoms with E-state index in [1.807, 2.05) is 42.6 Å². The summed E-state index contributed by atoms with van der Waals surface area (Å²) < 4.78 is 26.0. The Morgan fingerprint density at radius 3 is 2.33 bits per heavy atom. The van der Waals surface area contributed by atoms with E-state index in [-0.39, 0.29) is 16.9 Å². The van der Waals surface area contributed by atoms with Gasteiger partial charge in [0.05, 0.1) is 15.8 Å². The third kappa shape index (κ3) is 4.83. The summed E-state index contributed by atoms with van der Waals surface area (Å²) in [7, 11) is -3.49. The number of hydrogen-bond acceptors (Lipinski definition) is 7. The zero-order valence-electron chi connectivity index (χ0n) is 19.2. The lowest BCUT2D eigenvalue weighted by Crippen LogP contribution is -2.59. The fourth-order valence-corrected chi connectivity index (χ4v) is 5.64. The van der Waals surface area contributed by atoms with Crippen molar-refractivity contribution in [3.05, 3.63) is 66.4 Å². The number of hydrogen-bond donors (Lipinski definition) is 4. The quantitative estimate of drug-likeness (QED) is 0.534. The van der Waals surface area contributed by atoms with Crippen LogP contribution in [0.1, 0.15) is 45.1 Å². The molecule has 1 aliphatic heterocycles. The number of benzene rings is 2. The fourth-order valence-electron chi connectivity index (χ4n) is 4.43. The van der Waals surface area contributed by atoms with Crippen LogP contribution >= 0.6 is 0 Å². The maximum Gasteiger partial charge on any atom is 0.187 e. The van der Waals surface area contributed by atoms with E-state index in [0.29, 0.717) is 11.5 Å². The molecule has 0 spiro atoms. The maximum atomic E-state index is 13.0. The average Bonchev–Trinajstić information content (AvgIpc) is 2.80. The second kappa shape index (κ2) is 9.29. The fraction of sp³-hybridized carbons (Fsp3) is 0.400. The Kier molecular flexibility index (Phi) is 6.61. The lowest BCUT2D eigenvalue weighted by atomic mass is 9.81. The van der Waals surface area contributed by atoms with Gasteiger partial charge in [-0.05, 0) is 57.2 Å². The minimum atomic E-state index is -3.49. The molecule has 1 aliphatic carbocycles. The molecule has 1 atom stereocenters. The van der Waals surface area contributed by atoms with E-state index in [2.05, 4.69) is 10.6 Å². The number of aliphatic imine (C=N–C) groups is 1. The first-order valence-corrected chi connectivity index (χ1v) is 13.0. The molecule has 0 amide bonds. The van der Waals surface area contributed by atoms with Gasteiger partial charge in [-0.3, -0.25) is 5.73 Å². The van der Waals surface area contributed by atoms with Crippen LogP contribution in [0.3, 0.4) is 0 Å². The Hall–Kier alpha value is -2.68. The van der Waals surface area contributed by atoms with Gasteiger partial charge in [-0.15, -0.1) is 0 Å². The molecule has 8 heteroatoms. The van der Waals surface area contributed by atoms with E-state index in [9.17, 15) is 8.42 Å². The van der Waals surface area contributed by atoms with Gasteiger partial charge in [0.25, 0.3) is 0 Å². The average molecular weight is 468 g/mol. The van der Waals surface area contributed by atoms with Gasteiger partial charge in [-0.2, -0.15) is 0 Å². The zero-order chi connectivity index (χ0) is 23.6. The van der Waals surface area contributed by atoms with Crippen LogP contribution in [0.2, 0.25) is 0 Å². The van der Waals surface area contributed by atoms with Crippen LogP contribution in [0, 0.1) is 5.92 Å². The first-order chi connectivity index (χ1) is 15.7. The standard InChI is InChI=1S/C25H33N5O2S/c1-17(2)33(31,32)23-11-7-6-10-22(23)29-24-21(18-8-4-3-5-9-18)16-28-25(27,30-24)19-12-14-20(26)15-13-19/h3-11,16-17,19-20,28H,12-15,26-27H2,1-2H3,(H,29,30)/t19-,20-,25?. The second-order valence-corrected chi connectivity index (χ2v) is 11.7. The maximum absolute atomic E-state index is 13.0. The molecule has 2 aliphatic rings. The van der Waals surface area contributed by atoms with Gasteiger partial charge < -0.3 is 16.4 Å². The van der Waals surface area contributed by atoms with Crippen molar-refractivity contribution in [2.75, 3.05) is 5.32 Å². The summed E-state index contributed by atoms with van der Waals surface area (Å²) in [6.45, 7) is 3.37. The minimum absolute atomic E-state index is 0.123. The molecule has 0 saturated heterocycles. The van der Waals surface area contributed by atoms with E-state index in [0.717, 1.165) is 36.8 Å². The number of nitrogens with one attached hydrogen (secondary N) is 2. The van der Waals surface area contributed by atoms with Gasteiger partial charge in [-0.25, -0.2) is 13.4 Å². The van der Waals surface area contributed by atoms with Gasteiger partial charge in [-0.1, -0.05) is 42.5 Å². The normalized spacial score (nSPS) is 25.7. The van der Waals surface area contributed by atoms with Crippen molar-refractivity contribution < 1.29 is 8.42 Å². The number of amidine groups is 1. The first kappa shape index (κ1) is 23.5. The topological polar surface area (TPSA) is 123 Å². The van der Waals surface area contributed by atoms with Crippen molar-refractivity contribution in [3.8, 4) is 0 Å². The van der Waals surface area contributed by atoms with Crippen LogP contribution in [0.4, 0.5) is 5.69 Å². The van der Waals surface area contributed by atoms with Crippen LogP contribution in [0.5, 0.6) is 0 Å². The SMILES string of the molecule is CC(C)S(=O)(=O)c1ccccc1NC1=NC(N)([C@H]2CC[C@H](N)CC2)NC=C1c1ccccc1.